The normalized spacial score (nSPS) is 14.6. The summed E-state index contributed by atoms with van der Waals surface area (Å²) in [6, 6.07) is 9.02. The van der Waals surface area contributed by atoms with Crippen LogP contribution in [0.3, 0.4) is 0 Å². The second-order valence-electron chi connectivity index (χ2n) is 4.76. The van der Waals surface area contributed by atoms with Crippen molar-refractivity contribution in [2.24, 2.45) is 5.73 Å². The van der Waals surface area contributed by atoms with Gasteiger partial charge in [-0.3, -0.25) is 0 Å². The Bertz CT molecular complexity index is 303. The average molecular weight is 220 g/mol. The lowest BCUT2D eigenvalue weighted by Gasteiger charge is -2.22. The molecular formula is C14H24N2. The molecule has 0 saturated heterocycles. The first-order valence-electron chi connectivity index (χ1n) is 6.11. The van der Waals surface area contributed by atoms with E-state index in [1.165, 1.54) is 17.7 Å². The first-order valence-corrected chi connectivity index (χ1v) is 6.11. The molecule has 0 spiro atoms. The molecule has 0 bridgehead atoms. The molecule has 0 heterocycles. The van der Waals surface area contributed by atoms with E-state index in [-0.39, 0.29) is 6.04 Å². The number of likely N-dealkylation sites (N-methyl/N-ethyl adjacent to an activating group) is 1. The van der Waals surface area contributed by atoms with Gasteiger partial charge in [0.15, 0.2) is 0 Å². The molecule has 2 N–H and O–H groups in total. The Labute approximate surface area is 99.5 Å². The molecule has 0 aliphatic heterocycles. The summed E-state index contributed by atoms with van der Waals surface area (Å²) in [5.41, 5.74) is 8.45. The van der Waals surface area contributed by atoms with Crippen molar-refractivity contribution in [2.45, 2.75) is 39.2 Å². The van der Waals surface area contributed by atoms with Crippen molar-refractivity contribution in [3.05, 3.63) is 29.8 Å². The summed E-state index contributed by atoms with van der Waals surface area (Å²) in [5.74, 6) is 0.646. The van der Waals surface area contributed by atoms with Gasteiger partial charge in [-0.15, -0.1) is 0 Å². The van der Waals surface area contributed by atoms with Crippen LogP contribution in [0.5, 0.6) is 0 Å². The molecular weight excluding hydrogens is 196 g/mol. The second-order valence-corrected chi connectivity index (χ2v) is 4.76. The van der Waals surface area contributed by atoms with Crippen LogP contribution in [0.15, 0.2) is 24.3 Å². The average Bonchev–Trinajstić information content (AvgIpc) is 2.27. The number of nitrogens with zero attached hydrogens (tertiary/aromatic N) is 1. The van der Waals surface area contributed by atoms with Crippen LogP contribution in [0, 0.1) is 0 Å². The molecule has 2 nitrogen and oxygen atoms in total. The molecule has 2 atom stereocenters. The molecule has 16 heavy (non-hydrogen) atoms. The van der Waals surface area contributed by atoms with Crippen LogP contribution in [-0.2, 0) is 0 Å². The van der Waals surface area contributed by atoms with Crippen LogP contribution < -0.4 is 10.6 Å². The zero-order chi connectivity index (χ0) is 12.1. The third-order valence-corrected chi connectivity index (χ3v) is 3.08. The quantitative estimate of drug-likeness (QED) is 0.826. The fraction of sp³-hybridized carbons (Fsp3) is 0.571. The van der Waals surface area contributed by atoms with E-state index < -0.39 is 0 Å². The van der Waals surface area contributed by atoms with Gasteiger partial charge in [0.1, 0.15) is 0 Å². The lowest BCUT2D eigenvalue weighted by Crippen LogP contribution is -2.32. The number of hydrogen-bond donors (Lipinski definition) is 1. The van der Waals surface area contributed by atoms with E-state index in [2.05, 4.69) is 50.1 Å². The summed E-state index contributed by atoms with van der Waals surface area (Å²) < 4.78 is 0. The van der Waals surface area contributed by atoms with Crippen LogP contribution in [-0.4, -0.2) is 19.6 Å². The molecule has 0 aliphatic rings. The smallest absolute Gasteiger partial charge is 0.0364 e. The summed E-state index contributed by atoms with van der Waals surface area (Å²) in [4.78, 5) is 2.20. The molecule has 1 rings (SSSR count). The lowest BCUT2D eigenvalue weighted by molar-refractivity contribution is 0.715. The molecule has 2 unspecified atom stereocenters. The highest BCUT2D eigenvalue weighted by molar-refractivity contribution is 5.47. The van der Waals surface area contributed by atoms with Gasteiger partial charge in [-0.05, 0) is 37.0 Å². The molecule has 90 valence electrons. The van der Waals surface area contributed by atoms with Crippen LogP contribution in [0.1, 0.15) is 38.7 Å². The van der Waals surface area contributed by atoms with Crippen LogP contribution >= 0.6 is 0 Å². The van der Waals surface area contributed by atoms with Crippen LogP contribution in [0.25, 0.3) is 0 Å². The van der Waals surface area contributed by atoms with Crippen molar-refractivity contribution in [1.29, 1.82) is 0 Å². The zero-order valence-electron chi connectivity index (χ0n) is 10.9. The highest BCUT2D eigenvalue weighted by Crippen LogP contribution is 2.21. The maximum absolute atomic E-state index is 5.79. The Morgan fingerprint density at radius 2 is 1.75 bits per heavy atom. The Hall–Kier alpha value is -1.02. The van der Waals surface area contributed by atoms with Gasteiger partial charge in [0.25, 0.3) is 0 Å². The number of benzene rings is 1. The molecule has 0 aliphatic carbocycles. The van der Waals surface area contributed by atoms with Gasteiger partial charge in [-0.1, -0.05) is 26.0 Å². The molecule has 0 amide bonds. The minimum Gasteiger partial charge on any atom is -0.373 e. The Morgan fingerprint density at radius 3 is 2.19 bits per heavy atom. The lowest BCUT2D eigenvalue weighted by atomic mass is 9.98. The van der Waals surface area contributed by atoms with Crippen molar-refractivity contribution in [2.75, 3.05) is 18.5 Å². The van der Waals surface area contributed by atoms with E-state index in [4.69, 9.17) is 5.73 Å². The maximum atomic E-state index is 5.79. The second kappa shape index (κ2) is 5.90. The molecule has 0 radical (unpaired) electrons. The van der Waals surface area contributed by atoms with Gasteiger partial charge in [0, 0.05) is 25.3 Å². The summed E-state index contributed by atoms with van der Waals surface area (Å²) in [6.45, 7) is 7.41. The van der Waals surface area contributed by atoms with Crippen LogP contribution in [0.2, 0.25) is 0 Å². The maximum Gasteiger partial charge on any atom is 0.0364 e. The summed E-state index contributed by atoms with van der Waals surface area (Å²) in [6.07, 6.45) is 1.19. The fourth-order valence-electron chi connectivity index (χ4n) is 1.83. The minimum atomic E-state index is 0.208. The number of anilines is 1. The predicted octanol–water partition coefficient (Wildman–Crippen LogP) is 2.98. The van der Waals surface area contributed by atoms with Crippen molar-refractivity contribution < 1.29 is 0 Å². The van der Waals surface area contributed by atoms with E-state index in [1.807, 2.05) is 6.92 Å². The Morgan fingerprint density at radius 1 is 1.19 bits per heavy atom. The van der Waals surface area contributed by atoms with E-state index >= 15 is 0 Å². The fourth-order valence-corrected chi connectivity index (χ4v) is 1.83. The Balaban J connectivity index is 2.70. The van der Waals surface area contributed by atoms with Crippen molar-refractivity contribution in [3.63, 3.8) is 0 Å². The Kier molecular flexibility index (Phi) is 4.81. The summed E-state index contributed by atoms with van der Waals surface area (Å²) in [7, 11) is 2.08. The van der Waals surface area contributed by atoms with Gasteiger partial charge in [-0.2, -0.15) is 0 Å². The van der Waals surface area contributed by atoms with E-state index in [0.29, 0.717) is 5.92 Å². The third-order valence-electron chi connectivity index (χ3n) is 3.08. The highest BCUT2D eigenvalue weighted by atomic mass is 15.1. The van der Waals surface area contributed by atoms with Crippen molar-refractivity contribution in [3.8, 4) is 0 Å². The first-order chi connectivity index (χ1) is 7.54. The summed E-state index contributed by atoms with van der Waals surface area (Å²) in [5, 5.41) is 0. The topological polar surface area (TPSA) is 29.3 Å². The van der Waals surface area contributed by atoms with Gasteiger partial charge >= 0.3 is 0 Å². The van der Waals surface area contributed by atoms with E-state index in [1.54, 1.807) is 0 Å². The largest absolute Gasteiger partial charge is 0.373 e. The van der Waals surface area contributed by atoms with E-state index in [9.17, 15) is 0 Å². The highest BCUT2D eigenvalue weighted by Gasteiger charge is 2.05. The SMILES string of the molecule is CCC(C)c1ccc(N(C)CC(C)N)cc1. The standard InChI is InChI=1S/C14H24N2/c1-5-11(2)13-6-8-14(9-7-13)16(4)10-12(3)15/h6-9,11-12H,5,10,15H2,1-4H3. The predicted molar refractivity (Wildman–Crippen MR) is 72.1 cm³/mol. The zero-order valence-corrected chi connectivity index (χ0v) is 10.9. The van der Waals surface area contributed by atoms with Crippen LogP contribution in [0.4, 0.5) is 5.69 Å². The molecule has 2 heteroatoms. The van der Waals surface area contributed by atoms with Gasteiger partial charge in [0.2, 0.25) is 0 Å². The van der Waals surface area contributed by atoms with Gasteiger partial charge in [0.05, 0.1) is 0 Å². The van der Waals surface area contributed by atoms with Crippen molar-refractivity contribution >= 4 is 5.69 Å². The molecule has 0 fully saturated rings. The van der Waals surface area contributed by atoms with Crippen molar-refractivity contribution in [1.82, 2.24) is 0 Å². The number of nitrogens with two attached hydrogens (primary N) is 1. The number of rotatable bonds is 5. The molecule has 0 saturated carbocycles. The molecule has 1 aromatic carbocycles. The van der Waals surface area contributed by atoms with E-state index in [0.717, 1.165) is 6.54 Å². The number of hydrogen-bond acceptors (Lipinski definition) is 2. The van der Waals surface area contributed by atoms with Gasteiger partial charge < -0.3 is 10.6 Å². The minimum absolute atomic E-state index is 0.208. The monoisotopic (exact) mass is 220 g/mol. The molecule has 0 aromatic heterocycles. The molecule has 1 aromatic rings. The third kappa shape index (κ3) is 3.53. The first kappa shape index (κ1) is 13.0. The summed E-state index contributed by atoms with van der Waals surface area (Å²) >= 11 is 0. The van der Waals surface area contributed by atoms with Gasteiger partial charge in [-0.25, -0.2) is 0 Å².